The van der Waals surface area contributed by atoms with Gasteiger partial charge in [0.05, 0.1) is 18.4 Å². The zero-order valence-electron chi connectivity index (χ0n) is 15.9. The van der Waals surface area contributed by atoms with E-state index in [0.29, 0.717) is 24.3 Å². The molecule has 3 aromatic rings. The summed E-state index contributed by atoms with van der Waals surface area (Å²) in [5.74, 6) is 0.631. The lowest BCUT2D eigenvalue weighted by Crippen LogP contribution is -2.31. The molecule has 0 bridgehead atoms. The highest BCUT2D eigenvalue weighted by atomic mass is 16.5. The molecule has 0 atom stereocenters. The van der Waals surface area contributed by atoms with Crippen LogP contribution in [-0.4, -0.2) is 40.8 Å². The molecule has 5 heteroatoms. The summed E-state index contributed by atoms with van der Waals surface area (Å²) in [6.45, 7) is 8.36. The van der Waals surface area contributed by atoms with Crippen LogP contribution in [0, 0.1) is 0 Å². The normalized spacial score (nSPS) is 10.3. The summed E-state index contributed by atoms with van der Waals surface area (Å²) in [5, 5.41) is 4.71. The molecule has 0 saturated carbocycles. The van der Waals surface area contributed by atoms with Crippen molar-refractivity contribution < 1.29 is 9.53 Å². The van der Waals surface area contributed by atoms with Crippen molar-refractivity contribution >= 4 is 5.91 Å². The topological polar surface area (TPSA) is 47.4 Å². The van der Waals surface area contributed by atoms with Gasteiger partial charge in [-0.05, 0) is 36.4 Å². The van der Waals surface area contributed by atoms with Gasteiger partial charge in [-0.3, -0.25) is 4.79 Å². The lowest BCUT2D eigenvalue weighted by molar-refractivity contribution is 0.0791. The van der Waals surface area contributed by atoms with Crippen molar-refractivity contribution in [2.45, 2.75) is 0 Å². The average Bonchev–Trinajstić information content (AvgIpc) is 3.19. The van der Waals surface area contributed by atoms with Crippen LogP contribution in [0.2, 0.25) is 0 Å². The summed E-state index contributed by atoms with van der Waals surface area (Å²) in [6.07, 6.45) is 5.18. The Labute approximate surface area is 165 Å². The molecule has 0 unspecified atom stereocenters. The van der Waals surface area contributed by atoms with Crippen molar-refractivity contribution in [2.24, 2.45) is 0 Å². The third-order valence-corrected chi connectivity index (χ3v) is 4.32. The van der Waals surface area contributed by atoms with Crippen LogP contribution in [0.5, 0.6) is 5.75 Å². The first kappa shape index (κ1) is 19.2. The van der Waals surface area contributed by atoms with E-state index >= 15 is 0 Å². The van der Waals surface area contributed by atoms with Gasteiger partial charge in [0.25, 0.3) is 5.91 Å². The number of ether oxygens (including phenoxy) is 1. The van der Waals surface area contributed by atoms with Gasteiger partial charge in [0, 0.05) is 24.8 Å². The highest BCUT2D eigenvalue weighted by Crippen LogP contribution is 2.27. The number of nitrogens with zero attached hydrogens (tertiary/aromatic N) is 3. The summed E-state index contributed by atoms with van der Waals surface area (Å²) in [4.78, 5) is 14.9. The molecule has 0 aliphatic carbocycles. The molecule has 0 aliphatic heterocycles. The molecule has 0 aliphatic rings. The van der Waals surface area contributed by atoms with E-state index < -0.39 is 0 Å². The molecule has 0 radical (unpaired) electrons. The van der Waals surface area contributed by atoms with Crippen molar-refractivity contribution in [1.82, 2.24) is 14.7 Å². The van der Waals surface area contributed by atoms with Crippen molar-refractivity contribution in [3.8, 4) is 22.7 Å². The fraction of sp³-hybridized carbons (Fsp3) is 0.130. The van der Waals surface area contributed by atoms with Gasteiger partial charge >= 0.3 is 0 Å². The third-order valence-electron chi connectivity index (χ3n) is 4.32. The fourth-order valence-corrected chi connectivity index (χ4v) is 2.93. The van der Waals surface area contributed by atoms with Gasteiger partial charge in [-0.2, -0.15) is 5.10 Å². The zero-order valence-corrected chi connectivity index (χ0v) is 15.9. The summed E-state index contributed by atoms with van der Waals surface area (Å²) in [5.41, 5.74) is 2.87. The van der Waals surface area contributed by atoms with Gasteiger partial charge in [-0.25, -0.2) is 4.68 Å². The van der Waals surface area contributed by atoms with Crippen LogP contribution in [0.1, 0.15) is 10.4 Å². The molecule has 0 saturated heterocycles. The molecular weight excluding hydrogens is 350 g/mol. The van der Waals surface area contributed by atoms with Crippen LogP contribution >= 0.6 is 0 Å². The Bertz CT molecular complexity index is 949. The Hall–Kier alpha value is -3.60. The molecule has 1 amide bonds. The number of aromatic nitrogens is 2. The second kappa shape index (κ2) is 8.86. The minimum atomic E-state index is -0.118. The maximum atomic E-state index is 13.2. The molecule has 5 nitrogen and oxygen atoms in total. The number of methoxy groups -OCH3 is 1. The maximum absolute atomic E-state index is 13.2. The van der Waals surface area contributed by atoms with Gasteiger partial charge < -0.3 is 9.64 Å². The highest BCUT2D eigenvalue weighted by Gasteiger charge is 2.22. The Morgan fingerprint density at radius 2 is 1.71 bits per heavy atom. The van der Waals surface area contributed by atoms with Crippen LogP contribution in [-0.2, 0) is 0 Å². The number of rotatable bonds is 8. The van der Waals surface area contributed by atoms with E-state index in [2.05, 4.69) is 13.2 Å². The first-order chi connectivity index (χ1) is 13.7. The van der Waals surface area contributed by atoms with Crippen LogP contribution in [0.15, 0.2) is 86.1 Å². The third kappa shape index (κ3) is 4.04. The van der Waals surface area contributed by atoms with E-state index in [1.807, 2.05) is 54.6 Å². The second-order valence-electron chi connectivity index (χ2n) is 6.19. The summed E-state index contributed by atoms with van der Waals surface area (Å²) in [6, 6.07) is 17.2. The Kier molecular flexibility index (Phi) is 6.07. The molecule has 0 spiro atoms. The van der Waals surface area contributed by atoms with Gasteiger partial charge in [0.15, 0.2) is 0 Å². The summed E-state index contributed by atoms with van der Waals surface area (Å²) >= 11 is 0. The molecule has 1 heterocycles. The monoisotopic (exact) mass is 373 g/mol. The van der Waals surface area contributed by atoms with E-state index in [4.69, 9.17) is 9.84 Å². The van der Waals surface area contributed by atoms with Crippen molar-refractivity contribution in [3.63, 3.8) is 0 Å². The lowest BCUT2D eigenvalue weighted by atomic mass is 10.1. The number of carbonyl (C=O) groups excluding carboxylic acids is 1. The smallest absolute Gasteiger partial charge is 0.258 e. The fourth-order valence-electron chi connectivity index (χ4n) is 2.93. The summed E-state index contributed by atoms with van der Waals surface area (Å²) in [7, 11) is 1.62. The number of para-hydroxylation sites is 1. The van der Waals surface area contributed by atoms with Crippen LogP contribution in [0.3, 0.4) is 0 Å². The quantitative estimate of drug-likeness (QED) is 0.551. The Morgan fingerprint density at radius 1 is 1.07 bits per heavy atom. The maximum Gasteiger partial charge on any atom is 0.258 e. The lowest BCUT2D eigenvalue weighted by Gasteiger charge is -2.19. The minimum absolute atomic E-state index is 0.118. The predicted molar refractivity (Wildman–Crippen MR) is 112 cm³/mol. The first-order valence-electron chi connectivity index (χ1n) is 8.98. The number of hydrogen-bond donors (Lipinski definition) is 0. The SMILES string of the molecule is C=CCN(CC=C)C(=O)c1cn(-c2ccccc2)nc1-c1ccc(OC)cc1. The van der Waals surface area contributed by atoms with E-state index in [9.17, 15) is 4.79 Å². The van der Waals surface area contributed by atoms with Crippen molar-refractivity contribution in [3.05, 3.63) is 91.7 Å². The van der Waals surface area contributed by atoms with Gasteiger partial charge in [0.1, 0.15) is 11.4 Å². The summed E-state index contributed by atoms with van der Waals surface area (Å²) < 4.78 is 6.97. The molecule has 3 rings (SSSR count). The molecular formula is C23H23N3O2. The molecule has 1 aromatic heterocycles. The highest BCUT2D eigenvalue weighted by molar-refractivity contribution is 6.00. The zero-order chi connectivity index (χ0) is 19.9. The van der Waals surface area contributed by atoms with Crippen LogP contribution in [0.25, 0.3) is 16.9 Å². The van der Waals surface area contributed by atoms with Gasteiger partial charge in [0.2, 0.25) is 0 Å². The molecule has 0 fully saturated rings. The van der Waals surface area contributed by atoms with Crippen LogP contribution in [0.4, 0.5) is 0 Å². The van der Waals surface area contributed by atoms with E-state index in [0.717, 1.165) is 17.0 Å². The Balaban J connectivity index is 2.10. The standard InChI is InChI=1S/C23H23N3O2/c1-4-15-25(16-5-2)23(27)21-17-26(19-9-7-6-8-10-19)24-22(21)18-11-13-20(28-3)14-12-18/h4-14,17H,1-2,15-16H2,3H3. The average molecular weight is 373 g/mol. The van der Waals surface area contributed by atoms with Gasteiger partial charge in [-0.1, -0.05) is 30.4 Å². The largest absolute Gasteiger partial charge is 0.497 e. The van der Waals surface area contributed by atoms with Crippen molar-refractivity contribution in [2.75, 3.05) is 20.2 Å². The predicted octanol–water partition coefficient (Wildman–Crippen LogP) is 4.36. The van der Waals surface area contributed by atoms with E-state index in [1.54, 1.807) is 35.0 Å². The molecule has 142 valence electrons. The Morgan fingerprint density at radius 3 is 2.29 bits per heavy atom. The minimum Gasteiger partial charge on any atom is -0.497 e. The number of amides is 1. The number of hydrogen-bond acceptors (Lipinski definition) is 3. The number of benzene rings is 2. The van der Waals surface area contributed by atoms with E-state index in [1.165, 1.54) is 0 Å². The van der Waals surface area contributed by atoms with Gasteiger partial charge in [-0.15, -0.1) is 13.2 Å². The van der Waals surface area contributed by atoms with Crippen molar-refractivity contribution in [1.29, 1.82) is 0 Å². The molecule has 28 heavy (non-hydrogen) atoms. The molecule has 0 N–H and O–H groups in total. The first-order valence-corrected chi connectivity index (χ1v) is 8.98. The number of carbonyl (C=O) groups is 1. The molecule has 2 aromatic carbocycles. The van der Waals surface area contributed by atoms with Crippen LogP contribution < -0.4 is 4.74 Å². The second-order valence-corrected chi connectivity index (χ2v) is 6.19. The van der Waals surface area contributed by atoms with E-state index in [-0.39, 0.29) is 5.91 Å².